The molecule has 4 rings (SSSR count). The highest BCUT2D eigenvalue weighted by Crippen LogP contribution is 2.35. The standard InChI is InChI=1S/C20H26N4O2/c1-23-13-15(9-22-23)18-10-21-11-19(18)20(25)24(16-5-6-16)12-14-3-7-17(26-2)8-4-14/h3-4,7-9,13,16,18-19,21H,5-6,10-12H2,1-2H3/t18-,19+/m1/s1. The maximum atomic E-state index is 13.4. The molecule has 2 heterocycles. The van der Waals surface area contributed by atoms with E-state index in [9.17, 15) is 4.79 Å². The van der Waals surface area contributed by atoms with E-state index in [1.165, 1.54) is 0 Å². The number of benzene rings is 1. The number of hydrogen-bond donors (Lipinski definition) is 1. The van der Waals surface area contributed by atoms with E-state index in [1.54, 1.807) is 7.11 Å². The molecular formula is C20H26N4O2. The van der Waals surface area contributed by atoms with E-state index in [0.29, 0.717) is 12.6 Å². The summed E-state index contributed by atoms with van der Waals surface area (Å²) in [7, 11) is 3.59. The van der Waals surface area contributed by atoms with Gasteiger partial charge in [-0.25, -0.2) is 0 Å². The summed E-state index contributed by atoms with van der Waals surface area (Å²) in [5.41, 5.74) is 2.30. The van der Waals surface area contributed by atoms with Crippen molar-refractivity contribution in [3.63, 3.8) is 0 Å². The van der Waals surface area contributed by atoms with E-state index in [-0.39, 0.29) is 17.7 Å². The number of rotatable bonds is 6. The van der Waals surface area contributed by atoms with Crippen LogP contribution in [0.4, 0.5) is 0 Å². The van der Waals surface area contributed by atoms with Gasteiger partial charge in [-0.2, -0.15) is 5.10 Å². The molecule has 138 valence electrons. The van der Waals surface area contributed by atoms with Gasteiger partial charge in [0, 0.05) is 44.8 Å². The van der Waals surface area contributed by atoms with Crippen LogP contribution in [0.15, 0.2) is 36.7 Å². The van der Waals surface area contributed by atoms with Crippen LogP contribution in [0, 0.1) is 5.92 Å². The van der Waals surface area contributed by atoms with Crippen molar-refractivity contribution in [3.8, 4) is 5.75 Å². The van der Waals surface area contributed by atoms with Gasteiger partial charge in [-0.15, -0.1) is 0 Å². The van der Waals surface area contributed by atoms with Crippen LogP contribution < -0.4 is 10.1 Å². The third-order valence-electron chi connectivity index (χ3n) is 5.47. The van der Waals surface area contributed by atoms with Crippen LogP contribution in [0.25, 0.3) is 0 Å². The number of nitrogens with one attached hydrogen (secondary N) is 1. The Morgan fingerprint density at radius 1 is 1.31 bits per heavy atom. The predicted octanol–water partition coefficient (Wildman–Crippen LogP) is 1.92. The SMILES string of the molecule is COc1ccc(CN(C(=O)[C@H]2CNC[C@@H]2c2cnn(C)c2)C2CC2)cc1. The molecule has 0 spiro atoms. The number of aromatic nitrogens is 2. The molecule has 1 aromatic carbocycles. The van der Waals surface area contributed by atoms with Crippen molar-refractivity contribution in [1.82, 2.24) is 20.0 Å². The van der Waals surface area contributed by atoms with Crippen molar-refractivity contribution in [1.29, 1.82) is 0 Å². The highest BCUT2D eigenvalue weighted by Gasteiger charge is 2.41. The van der Waals surface area contributed by atoms with Gasteiger partial charge < -0.3 is 15.0 Å². The molecule has 1 saturated carbocycles. The quantitative estimate of drug-likeness (QED) is 0.861. The predicted molar refractivity (Wildman–Crippen MR) is 98.9 cm³/mol. The van der Waals surface area contributed by atoms with Crippen LogP contribution in [0.5, 0.6) is 5.75 Å². The number of amides is 1. The largest absolute Gasteiger partial charge is 0.497 e. The highest BCUT2D eigenvalue weighted by atomic mass is 16.5. The lowest BCUT2D eigenvalue weighted by molar-refractivity contribution is -0.136. The first-order valence-electron chi connectivity index (χ1n) is 9.28. The molecule has 6 heteroatoms. The van der Waals surface area contributed by atoms with Gasteiger partial charge in [0.1, 0.15) is 5.75 Å². The third kappa shape index (κ3) is 3.46. The minimum atomic E-state index is -0.0157. The summed E-state index contributed by atoms with van der Waals surface area (Å²) >= 11 is 0. The van der Waals surface area contributed by atoms with E-state index < -0.39 is 0 Å². The fourth-order valence-corrected chi connectivity index (χ4v) is 3.83. The summed E-state index contributed by atoms with van der Waals surface area (Å²) in [5.74, 6) is 1.29. The van der Waals surface area contributed by atoms with Crippen LogP contribution in [0.2, 0.25) is 0 Å². The average Bonchev–Trinajstić information content (AvgIpc) is 3.21. The smallest absolute Gasteiger partial charge is 0.228 e. The van der Waals surface area contributed by atoms with E-state index in [0.717, 1.165) is 42.8 Å². The number of aryl methyl sites for hydroxylation is 1. The Labute approximate surface area is 154 Å². The van der Waals surface area contributed by atoms with Crippen LogP contribution >= 0.6 is 0 Å². The number of nitrogens with zero attached hydrogens (tertiary/aromatic N) is 3. The van der Waals surface area contributed by atoms with Gasteiger partial charge in [-0.3, -0.25) is 9.48 Å². The first-order valence-corrected chi connectivity index (χ1v) is 9.28. The van der Waals surface area contributed by atoms with E-state index in [1.807, 2.05) is 48.4 Å². The van der Waals surface area contributed by atoms with Crippen molar-refractivity contribution < 1.29 is 9.53 Å². The van der Waals surface area contributed by atoms with Crippen molar-refractivity contribution in [2.75, 3.05) is 20.2 Å². The minimum absolute atomic E-state index is 0.0157. The third-order valence-corrected chi connectivity index (χ3v) is 5.47. The summed E-state index contributed by atoms with van der Waals surface area (Å²) in [5, 5.41) is 7.69. The number of carbonyl (C=O) groups is 1. The molecule has 0 radical (unpaired) electrons. The zero-order valence-electron chi connectivity index (χ0n) is 15.4. The first-order chi connectivity index (χ1) is 12.7. The minimum Gasteiger partial charge on any atom is -0.497 e. The monoisotopic (exact) mass is 354 g/mol. The van der Waals surface area contributed by atoms with Gasteiger partial charge in [0.25, 0.3) is 0 Å². The summed E-state index contributed by atoms with van der Waals surface area (Å²) < 4.78 is 7.04. The van der Waals surface area contributed by atoms with Crippen LogP contribution in [0.1, 0.15) is 29.9 Å². The van der Waals surface area contributed by atoms with Crippen molar-refractivity contribution >= 4 is 5.91 Å². The average molecular weight is 354 g/mol. The maximum absolute atomic E-state index is 13.4. The Kier molecular flexibility index (Phi) is 4.68. The molecule has 1 saturated heterocycles. The molecule has 1 aliphatic carbocycles. The van der Waals surface area contributed by atoms with Gasteiger partial charge in [0.05, 0.1) is 19.2 Å². The van der Waals surface area contributed by atoms with Gasteiger partial charge in [-0.1, -0.05) is 12.1 Å². The van der Waals surface area contributed by atoms with Gasteiger partial charge >= 0.3 is 0 Å². The van der Waals surface area contributed by atoms with E-state index in [2.05, 4.69) is 15.3 Å². The molecule has 1 aromatic heterocycles. The van der Waals surface area contributed by atoms with E-state index in [4.69, 9.17) is 4.74 Å². The van der Waals surface area contributed by atoms with Crippen LogP contribution in [-0.4, -0.2) is 46.8 Å². The Hall–Kier alpha value is -2.34. The van der Waals surface area contributed by atoms with Gasteiger partial charge in [0.2, 0.25) is 5.91 Å². The fraction of sp³-hybridized carbons (Fsp3) is 0.500. The molecule has 6 nitrogen and oxygen atoms in total. The second-order valence-electron chi connectivity index (χ2n) is 7.36. The van der Waals surface area contributed by atoms with Crippen molar-refractivity contribution in [2.24, 2.45) is 13.0 Å². The summed E-state index contributed by atoms with van der Waals surface area (Å²) in [4.78, 5) is 15.5. The lowest BCUT2D eigenvalue weighted by atomic mass is 9.89. The lowest BCUT2D eigenvalue weighted by Crippen LogP contribution is -2.39. The molecule has 0 unspecified atom stereocenters. The molecule has 2 aliphatic rings. The zero-order valence-corrected chi connectivity index (χ0v) is 15.4. The highest BCUT2D eigenvalue weighted by molar-refractivity contribution is 5.81. The van der Waals surface area contributed by atoms with Crippen molar-refractivity contribution in [3.05, 3.63) is 47.8 Å². The maximum Gasteiger partial charge on any atom is 0.228 e. The number of ether oxygens (including phenoxy) is 1. The summed E-state index contributed by atoms with van der Waals surface area (Å²) in [6.07, 6.45) is 6.14. The second kappa shape index (κ2) is 7.11. The molecule has 2 aromatic rings. The molecule has 2 fully saturated rings. The molecule has 1 N–H and O–H groups in total. The molecule has 2 atom stereocenters. The lowest BCUT2D eigenvalue weighted by Gasteiger charge is -2.28. The Morgan fingerprint density at radius 2 is 2.08 bits per heavy atom. The Morgan fingerprint density at radius 3 is 2.69 bits per heavy atom. The number of carbonyl (C=O) groups excluding carboxylic acids is 1. The summed E-state index contributed by atoms with van der Waals surface area (Å²) in [6, 6.07) is 8.40. The molecular weight excluding hydrogens is 328 g/mol. The zero-order chi connectivity index (χ0) is 18.1. The first kappa shape index (κ1) is 17.1. The van der Waals surface area contributed by atoms with Gasteiger partial charge in [0.15, 0.2) is 0 Å². The fourth-order valence-electron chi connectivity index (χ4n) is 3.83. The molecule has 1 amide bonds. The van der Waals surface area contributed by atoms with E-state index >= 15 is 0 Å². The van der Waals surface area contributed by atoms with Gasteiger partial charge in [-0.05, 0) is 36.1 Å². The van der Waals surface area contributed by atoms with Crippen molar-refractivity contribution in [2.45, 2.75) is 31.3 Å². The number of methoxy groups -OCH3 is 1. The molecule has 1 aliphatic heterocycles. The number of hydrogen-bond acceptors (Lipinski definition) is 4. The molecule has 26 heavy (non-hydrogen) atoms. The topological polar surface area (TPSA) is 59.4 Å². The normalized spacial score (nSPS) is 22.4. The Bertz CT molecular complexity index is 766. The van der Waals surface area contributed by atoms with Crippen LogP contribution in [0.3, 0.4) is 0 Å². The second-order valence-corrected chi connectivity index (χ2v) is 7.36. The molecule has 0 bridgehead atoms. The Balaban J connectivity index is 1.51. The summed E-state index contributed by atoms with van der Waals surface area (Å²) in [6.45, 7) is 2.25. The van der Waals surface area contributed by atoms with Crippen LogP contribution in [-0.2, 0) is 18.4 Å².